The normalized spacial score (nSPS) is 11.9. The predicted octanol–water partition coefficient (Wildman–Crippen LogP) is 5.73. The maximum absolute atomic E-state index is 13.7. The lowest BCUT2D eigenvalue weighted by atomic mass is 9.94. The van der Waals surface area contributed by atoms with Crippen LogP contribution in [0.4, 0.5) is 13.2 Å². The third-order valence-electron chi connectivity index (χ3n) is 5.39. The van der Waals surface area contributed by atoms with Crippen LogP contribution in [0, 0.1) is 11.3 Å². The molecule has 1 N–H and O–H groups in total. The van der Waals surface area contributed by atoms with Gasteiger partial charge in [-0.05, 0) is 53.1 Å². The first-order chi connectivity index (χ1) is 17.1. The highest BCUT2D eigenvalue weighted by molar-refractivity contribution is 7.90. The van der Waals surface area contributed by atoms with Crippen LogP contribution in [0.3, 0.4) is 0 Å². The number of halogens is 3. The van der Waals surface area contributed by atoms with Gasteiger partial charge < -0.3 is 10.1 Å². The molecular weight excluding hydrogens is 491 g/mol. The number of para-hydroxylation sites is 1. The number of nitrogens with one attached hydrogen (secondary N) is 1. The summed E-state index contributed by atoms with van der Waals surface area (Å²) in [5.74, 6) is 0.663. The molecule has 3 aromatic carbocycles. The molecule has 0 aliphatic rings. The number of hydrogen-bond donors (Lipinski definition) is 1. The van der Waals surface area contributed by atoms with Gasteiger partial charge in [-0.2, -0.15) is 18.4 Å². The highest BCUT2D eigenvalue weighted by Gasteiger charge is 2.33. The summed E-state index contributed by atoms with van der Waals surface area (Å²) < 4.78 is 70.7. The third kappa shape index (κ3) is 5.48. The van der Waals surface area contributed by atoms with E-state index in [2.05, 4.69) is 10.3 Å². The van der Waals surface area contributed by atoms with Crippen LogP contribution < -0.4 is 10.1 Å². The van der Waals surface area contributed by atoms with Crippen LogP contribution in [0.25, 0.3) is 22.0 Å². The van der Waals surface area contributed by atoms with Gasteiger partial charge in [-0.3, -0.25) is 4.98 Å². The van der Waals surface area contributed by atoms with E-state index in [4.69, 9.17) is 10.00 Å². The number of benzene rings is 3. The number of rotatable bonds is 7. The molecule has 4 rings (SSSR count). The van der Waals surface area contributed by atoms with Crippen LogP contribution in [0.5, 0.6) is 11.5 Å². The molecule has 1 heterocycles. The van der Waals surface area contributed by atoms with Gasteiger partial charge in [0.2, 0.25) is 0 Å². The van der Waals surface area contributed by atoms with Crippen molar-refractivity contribution >= 4 is 20.7 Å². The van der Waals surface area contributed by atoms with Gasteiger partial charge in [-0.15, -0.1) is 0 Å². The summed E-state index contributed by atoms with van der Waals surface area (Å²) in [6.45, 7) is 0.267. The van der Waals surface area contributed by atoms with Crippen molar-refractivity contribution in [2.24, 2.45) is 0 Å². The zero-order valence-corrected chi connectivity index (χ0v) is 19.8. The van der Waals surface area contributed by atoms with Crippen LogP contribution in [0.15, 0.2) is 77.8 Å². The smallest absolute Gasteiger partial charge is 0.418 e. The molecule has 0 fully saturated rings. The number of fused-ring (bicyclic) bond motifs is 1. The number of pyridine rings is 1. The molecule has 0 bridgehead atoms. The molecule has 6 nitrogen and oxygen atoms in total. The van der Waals surface area contributed by atoms with Crippen molar-refractivity contribution in [3.8, 4) is 28.7 Å². The highest BCUT2D eigenvalue weighted by atomic mass is 32.2. The minimum atomic E-state index is -4.58. The first-order valence-corrected chi connectivity index (χ1v) is 12.6. The molecular formula is C26H20F3N3O3S. The van der Waals surface area contributed by atoms with E-state index in [0.29, 0.717) is 33.6 Å². The largest absolute Gasteiger partial charge is 0.457 e. The molecule has 0 aliphatic carbocycles. The zero-order chi connectivity index (χ0) is 25.9. The Morgan fingerprint density at radius 2 is 1.72 bits per heavy atom. The third-order valence-corrected chi connectivity index (χ3v) is 6.50. The van der Waals surface area contributed by atoms with Gasteiger partial charge >= 0.3 is 6.18 Å². The van der Waals surface area contributed by atoms with Gasteiger partial charge in [-0.25, -0.2) is 8.42 Å². The molecule has 10 heteroatoms. The summed E-state index contributed by atoms with van der Waals surface area (Å²) in [5, 5.41) is 12.1. The summed E-state index contributed by atoms with van der Waals surface area (Å²) in [4.78, 5) is 4.20. The Morgan fingerprint density at radius 1 is 1.03 bits per heavy atom. The maximum Gasteiger partial charge on any atom is 0.418 e. The second kappa shape index (κ2) is 9.97. The molecule has 1 aromatic heterocycles. The van der Waals surface area contributed by atoms with E-state index >= 15 is 0 Å². The number of ether oxygens (including phenoxy) is 1. The van der Waals surface area contributed by atoms with Gasteiger partial charge in [0, 0.05) is 24.4 Å². The molecule has 0 radical (unpaired) electrons. The fourth-order valence-electron chi connectivity index (χ4n) is 3.84. The van der Waals surface area contributed by atoms with E-state index in [0.717, 1.165) is 12.3 Å². The fourth-order valence-corrected chi connectivity index (χ4v) is 4.50. The molecule has 184 valence electrons. The average molecular weight is 512 g/mol. The molecule has 36 heavy (non-hydrogen) atoms. The second-order valence-corrected chi connectivity index (χ2v) is 10.0. The van der Waals surface area contributed by atoms with Crippen LogP contribution in [0.1, 0.15) is 11.1 Å². The predicted molar refractivity (Wildman–Crippen MR) is 129 cm³/mol. The number of nitrogens with zero attached hydrogens (tertiary/aromatic N) is 2. The van der Waals surface area contributed by atoms with Gasteiger partial charge in [0.15, 0.2) is 9.84 Å². The Bertz CT molecular complexity index is 1580. The zero-order valence-electron chi connectivity index (χ0n) is 19.0. The number of aromatic nitrogens is 1. The van der Waals surface area contributed by atoms with Crippen molar-refractivity contribution < 1.29 is 26.3 Å². The minimum Gasteiger partial charge on any atom is -0.457 e. The van der Waals surface area contributed by atoms with E-state index in [1.807, 2.05) is 6.07 Å². The molecule has 0 unspecified atom stereocenters. The van der Waals surface area contributed by atoms with Gasteiger partial charge in [0.25, 0.3) is 0 Å². The van der Waals surface area contributed by atoms with E-state index in [1.54, 1.807) is 42.5 Å². The Morgan fingerprint density at radius 3 is 2.42 bits per heavy atom. The number of nitriles is 1. The standard InChI is InChI=1S/C26H20F3N3O3S/c1-36(33,34)21-8-3-7-20(14-21)35-19-6-2-5-17(13-19)24-18(15-31-12-11-30)16-32-25-22(24)9-4-10-23(25)26(27,28)29/h2-10,13-14,16,31H,12,15H2,1H3. The van der Waals surface area contributed by atoms with Crippen molar-refractivity contribution in [1.29, 1.82) is 5.26 Å². The Hall–Kier alpha value is -3.94. The van der Waals surface area contributed by atoms with Crippen LogP contribution in [0.2, 0.25) is 0 Å². The molecule has 4 aromatic rings. The molecule has 0 aliphatic heterocycles. The summed E-state index contributed by atoms with van der Waals surface area (Å²) in [5.41, 5.74) is 0.673. The first kappa shape index (κ1) is 25.2. The highest BCUT2D eigenvalue weighted by Crippen LogP contribution is 2.39. The summed E-state index contributed by atoms with van der Waals surface area (Å²) in [7, 11) is -3.43. The fraction of sp³-hybridized carbons (Fsp3) is 0.154. The van der Waals surface area contributed by atoms with E-state index in [-0.39, 0.29) is 23.5 Å². The quantitative estimate of drug-likeness (QED) is 0.252. The van der Waals surface area contributed by atoms with Crippen molar-refractivity contribution in [1.82, 2.24) is 10.3 Å². The summed E-state index contributed by atoms with van der Waals surface area (Å²) in [6, 6.07) is 18.6. The lowest BCUT2D eigenvalue weighted by Gasteiger charge is -2.17. The number of alkyl halides is 3. The average Bonchev–Trinajstić information content (AvgIpc) is 2.83. The molecule has 0 saturated heterocycles. The molecule has 0 amide bonds. The Labute approximate surface area is 205 Å². The summed E-state index contributed by atoms with van der Waals surface area (Å²) >= 11 is 0. The van der Waals surface area contributed by atoms with Crippen molar-refractivity contribution in [2.75, 3.05) is 12.8 Å². The minimum absolute atomic E-state index is 0.0555. The lowest BCUT2D eigenvalue weighted by molar-refractivity contribution is -0.136. The van der Waals surface area contributed by atoms with E-state index in [9.17, 15) is 21.6 Å². The number of sulfone groups is 1. The van der Waals surface area contributed by atoms with Crippen molar-refractivity contribution in [2.45, 2.75) is 17.6 Å². The van der Waals surface area contributed by atoms with Crippen molar-refractivity contribution in [3.63, 3.8) is 0 Å². The van der Waals surface area contributed by atoms with Gasteiger partial charge in [0.05, 0.1) is 28.6 Å². The van der Waals surface area contributed by atoms with Gasteiger partial charge in [0.1, 0.15) is 11.5 Å². The maximum atomic E-state index is 13.7. The Kier molecular flexibility index (Phi) is 6.97. The molecule has 0 atom stereocenters. The Balaban J connectivity index is 1.83. The van der Waals surface area contributed by atoms with Gasteiger partial charge in [-0.1, -0.05) is 30.3 Å². The monoisotopic (exact) mass is 511 g/mol. The molecule has 0 spiro atoms. The topological polar surface area (TPSA) is 92.1 Å². The van der Waals surface area contributed by atoms with Crippen LogP contribution >= 0.6 is 0 Å². The van der Waals surface area contributed by atoms with E-state index in [1.165, 1.54) is 24.4 Å². The first-order valence-electron chi connectivity index (χ1n) is 10.7. The molecule has 0 saturated carbocycles. The summed E-state index contributed by atoms with van der Waals surface area (Å²) in [6.07, 6.45) is -2.11. The van der Waals surface area contributed by atoms with Crippen LogP contribution in [-0.2, 0) is 22.6 Å². The van der Waals surface area contributed by atoms with Crippen molar-refractivity contribution in [3.05, 3.63) is 84.1 Å². The van der Waals surface area contributed by atoms with Crippen LogP contribution in [-0.4, -0.2) is 26.2 Å². The van der Waals surface area contributed by atoms with E-state index < -0.39 is 21.6 Å². The second-order valence-electron chi connectivity index (χ2n) is 8.00. The lowest BCUT2D eigenvalue weighted by Crippen LogP contribution is -2.14. The number of hydrogen-bond acceptors (Lipinski definition) is 6. The SMILES string of the molecule is CS(=O)(=O)c1cccc(Oc2cccc(-c3c(CNCC#N)cnc4c(C(F)(F)F)cccc34)c2)c1.